The molecule has 0 saturated carbocycles. The molecule has 106 valence electrons. The molecule has 0 fully saturated rings. The molecule has 0 radical (unpaired) electrons. The minimum atomic E-state index is 0.343. The van der Waals surface area contributed by atoms with Crippen molar-refractivity contribution in [3.05, 3.63) is 71.8 Å². The van der Waals surface area contributed by atoms with Crippen molar-refractivity contribution in [2.24, 2.45) is 0 Å². The molecule has 20 heavy (non-hydrogen) atoms. The Morgan fingerprint density at radius 1 is 0.900 bits per heavy atom. The van der Waals surface area contributed by atoms with E-state index in [4.69, 9.17) is 0 Å². The molecule has 2 heteroatoms. The molecule has 0 aliphatic rings. The number of hydrogen-bond acceptors (Lipinski definition) is 2. The van der Waals surface area contributed by atoms with Crippen molar-refractivity contribution in [1.82, 2.24) is 5.32 Å². The Labute approximate surface area is 126 Å². The van der Waals surface area contributed by atoms with Crippen LogP contribution in [0.2, 0.25) is 0 Å². The first kappa shape index (κ1) is 15.1. The van der Waals surface area contributed by atoms with E-state index in [0.29, 0.717) is 11.3 Å². The second-order valence-electron chi connectivity index (χ2n) is 4.88. The van der Waals surface area contributed by atoms with Crippen LogP contribution in [0.4, 0.5) is 0 Å². The molecule has 0 bridgehead atoms. The van der Waals surface area contributed by atoms with Crippen LogP contribution in [-0.2, 0) is 0 Å². The molecule has 1 nitrogen and oxygen atoms in total. The zero-order chi connectivity index (χ0) is 14.2. The van der Waals surface area contributed by atoms with E-state index in [1.165, 1.54) is 23.3 Å². The summed E-state index contributed by atoms with van der Waals surface area (Å²) in [5.41, 5.74) is 2.75. The van der Waals surface area contributed by atoms with Crippen LogP contribution in [0.15, 0.2) is 60.7 Å². The minimum Gasteiger partial charge on any atom is -0.312 e. The Kier molecular flexibility index (Phi) is 6.16. The van der Waals surface area contributed by atoms with Gasteiger partial charge in [0.05, 0.1) is 0 Å². The minimum absolute atomic E-state index is 0.343. The van der Waals surface area contributed by atoms with Gasteiger partial charge in [-0.05, 0) is 30.3 Å². The van der Waals surface area contributed by atoms with Gasteiger partial charge in [0.2, 0.25) is 0 Å². The lowest BCUT2D eigenvalue weighted by Crippen LogP contribution is -2.22. The van der Waals surface area contributed by atoms with E-state index in [2.05, 4.69) is 80.0 Å². The number of likely N-dealkylation sites (N-methyl/N-ethyl adjacent to an activating group) is 1. The lowest BCUT2D eigenvalue weighted by atomic mass is 9.98. The quantitative estimate of drug-likeness (QED) is 0.782. The van der Waals surface area contributed by atoms with E-state index in [1.807, 2.05) is 11.8 Å². The molecule has 2 unspecified atom stereocenters. The van der Waals surface area contributed by atoms with Crippen LogP contribution in [-0.4, -0.2) is 12.8 Å². The SMILES string of the molecule is CCCSC(c1ccccc1)C(NC)c1ccccc1. The van der Waals surface area contributed by atoms with Gasteiger partial charge in [-0.25, -0.2) is 0 Å². The van der Waals surface area contributed by atoms with Gasteiger partial charge in [0.15, 0.2) is 0 Å². The summed E-state index contributed by atoms with van der Waals surface area (Å²) in [6.07, 6.45) is 1.21. The van der Waals surface area contributed by atoms with E-state index < -0.39 is 0 Å². The summed E-state index contributed by atoms with van der Waals surface area (Å²) in [7, 11) is 2.06. The molecule has 0 spiro atoms. The lowest BCUT2D eigenvalue weighted by Gasteiger charge is -2.27. The van der Waals surface area contributed by atoms with Crippen LogP contribution in [0.25, 0.3) is 0 Å². The third-order valence-corrected chi connectivity index (χ3v) is 4.95. The molecule has 0 heterocycles. The molecule has 0 saturated heterocycles. The van der Waals surface area contributed by atoms with Crippen molar-refractivity contribution >= 4 is 11.8 Å². The maximum Gasteiger partial charge on any atom is 0.0492 e. The molecule has 2 atom stereocenters. The topological polar surface area (TPSA) is 12.0 Å². The molecule has 0 aromatic heterocycles. The summed E-state index contributed by atoms with van der Waals surface area (Å²) in [6.45, 7) is 2.24. The summed E-state index contributed by atoms with van der Waals surface area (Å²) >= 11 is 2.04. The summed E-state index contributed by atoms with van der Waals surface area (Å²) in [5, 5.41) is 3.95. The zero-order valence-electron chi connectivity index (χ0n) is 12.3. The van der Waals surface area contributed by atoms with Crippen molar-refractivity contribution < 1.29 is 0 Å². The lowest BCUT2D eigenvalue weighted by molar-refractivity contribution is 0.581. The van der Waals surface area contributed by atoms with Crippen molar-refractivity contribution in [1.29, 1.82) is 0 Å². The smallest absolute Gasteiger partial charge is 0.0492 e. The summed E-state index contributed by atoms with van der Waals surface area (Å²) in [6, 6.07) is 21.9. The van der Waals surface area contributed by atoms with Gasteiger partial charge < -0.3 is 5.32 Å². The van der Waals surface area contributed by atoms with Gasteiger partial charge in [-0.3, -0.25) is 0 Å². The fourth-order valence-corrected chi connectivity index (χ4v) is 3.75. The third-order valence-electron chi connectivity index (χ3n) is 3.40. The van der Waals surface area contributed by atoms with E-state index >= 15 is 0 Å². The average molecular weight is 285 g/mol. The van der Waals surface area contributed by atoms with Crippen LogP contribution < -0.4 is 5.32 Å². The first-order chi connectivity index (χ1) is 9.86. The third kappa shape index (κ3) is 3.87. The highest BCUT2D eigenvalue weighted by atomic mass is 32.2. The maximum atomic E-state index is 3.50. The van der Waals surface area contributed by atoms with Crippen molar-refractivity contribution in [2.75, 3.05) is 12.8 Å². The number of rotatable bonds is 7. The number of nitrogens with one attached hydrogen (secondary N) is 1. The highest BCUT2D eigenvalue weighted by Gasteiger charge is 2.23. The van der Waals surface area contributed by atoms with Crippen LogP contribution in [0, 0.1) is 0 Å². The monoisotopic (exact) mass is 285 g/mol. The summed E-state index contributed by atoms with van der Waals surface area (Å²) < 4.78 is 0. The van der Waals surface area contributed by atoms with Crippen LogP contribution in [0.3, 0.4) is 0 Å². The molecule has 0 aliphatic carbocycles. The Morgan fingerprint density at radius 3 is 1.95 bits per heavy atom. The van der Waals surface area contributed by atoms with Crippen LogP contribution in [0.1, 0.15) is 35.8 Å². The first-order valence-corrected chi connectivity index (χ1v) is 8.30. The van der Waals surface area contributed by atoms with Gasteiger partial charge in [-0.2, -0.15) is 11.8 Å². The van der Waals surface area contributed by atoms with Gasteiger partial charge in [-0.1, -0.05) is 67.6 Å². The zero-order valence-corrected chi connectivity index (χ0v) is 13.1. The van der Waals surface area contributed by atoms with Gasteiger partial charge >= 0.3 is 0 Å². The predicted molar refractivity (Wildman–Crippen MR) is 90.2 cm³/mol. The van der Waals surface area contributed by atoms with Gasteiger partial charge in [-0.15, -0.1) is 0 Å². The summed E-state index contributed by atoms with van der Waals surface area (Å²) in [4.78, 5) is 0. The van der Waals surface area contributed by atoms with Crippen LogP contribution in [0.5, 0.6) is 0 Å². The Balaban J connectivity index is 2.29. The van der Waals surface area contributed by atoms with E-state index in [-0.39, 0.29) is 0 Å². The Hall–Kier alpha value is -1.25. The van der Waals surface area contributed by atoms with E-state index in [0.717, 1.165) is 0 Å². The largest absolute Gasteiger partial charge is 0.312 e. The van der Waals surface area contributed by atoms with Crippen LogP contribution >= 0.6 is 11.8 Å². The van der Waals surface area contributed by atoms with Crippen molar-refractivity contribution in [3.63, 3.8) is 0 Å². The average Bonchev–Trinajstić information content (AvgIpc) is 2.53. The molecule has 0 amide bonds. The number of benzene rings is 2. The fourth-order valence-electron chi connectivity index (χ4n) is 2.43. The van der Waals surface area contributed by atoms with Gasteiger partial charge in [0, 0.05) is 11.3 Å². The van der Waals surface area contributed by atoms with Crippen molar-refractivity contribution in [3.8, 4) is 0 Å². The standard InChI is InChI=1S/C18H23NS/c1-3-14-20-18(16-12-8-5-9-13-16)17(19-2)15-10-6-4-7-11-15/h4-13,17-19H,3,14H2,1-2H3. The molecule has 2 aromatic carbocycles. The second-order valence-corrected chi connectivity index (χ2v) is 6.13. The maximum absolute atomic E-state index is 3.50. The van der Waals surface area contributed by atoms with E-state index in [1.54, 1.807) is 0 Å². The molecular weight excluding hydrogens is 262 g/mol. The normalized spacial score (nSPS) is 13.9. The Bertz CT molecular complexity index is 483. The van der Waals surface area contributed by atoms with E-state index in [9.17, 15) is 0 Å². The van der Waals surface area contributed by atoms with Gasteiger partial charge in [0.25, 0.3) is 0 Å². The molecule has 1 N–H and O–H groups in total. The second kappa shape index (κ2) is 8.13. The highest BCUT2D eigenvalue weighted by molar-refractivity contribution is 7.99. The fraction of sp³-hybridized carbons (Fsp3) is 0.333. The molecule has 2 rings (SSSR count). The first-order valence-electron chi connectivity index (χ1n) is 7.25. The molecular formula is C18H23NS. The summed E-state index contributed by atoms with van der Waals surface area (Å²) in [5.74, 6) is 1.19. The number of hydrogen-bond donors (Lipinski definition) is 1. The molecule has 0 aliphatic heterocycles. The Morgan fingerprint density at radius 2 is 1.45 bits per heavy atom. The predicted octanol–water partition coefficient (Wildman–Crippen LogP) is 4.83. The molecule has 2 aromatic rings. The highest BCUT2D eigenvalue weighted by Crippen LogP contribution is 2.40. The number of thioether (sulfide) groups is 1. The van der Waals surface area contributed by atoms with Crippen molar-refractivity contribution in [2.45, 2.75) is 24.6 Å². The van der Waals surface area contributed by atoms with Gasteiger partial charge in [0.1, 0.15) is 0 Å².